The maximum absolute atomic E-state index is 13.0. The summed E-state index contributed by atoms with van der Waals surface area (Å²) in [6.07, 6.45) is 7.93. The van der Waals surface area contributed by atoms with E-state index in [2.05, 4.69) is 27.5 Å². The van der Waals surface area contributed by atoms with E-state index < -0.39 is 18.2 Å². The van der Waals surface area contributed by atoms with Crippen LogP contribution in [0, 0.1) is 5.92 Å². The van der Waals surface area contributed by atoms with E-state index in [1.54, 1.807) is 18.5 Å². The minimum Gasteiger partial charge on any atom is -0.391 e. The summed E-state index contributed by atoms with van der Waals surface area (Å²) in [5.41, 5.74) is 3.74. The maximum Gasteiger partial charge on any atom is 0.231 e. The van der Waals surface area contributed by atoms with Crippen molar-refractivity contribution in [2.75, 3.05) is 5.32 Å². The van der Waals surface area contributed by atoms with Crippen LogP contribution in [0.3, 0.4) is 0 Å². The van der Waals surface area contributed by atoms with Crippen molar-refractivity contribution in [3.05, 3.63) is 47.9 Å². The van der Waals surface area contributed by atoms with Crippen LogP contribution in [-0.2, 0) is 4.79 Å². The molecule has 4 atom stereocenters. The van der Waals surface area contributed by atoms with Gasteiger partial charge in [0.05, 0.1) is 23.6 Å². The first-order valence-corrected chi connectivity index (χ1v) is 10.0. The predicted molar refractivity (Wildman–Crippen MR) is 111 cm³/mol. The fourth-order valence-corrected chi connectivity index (χ4v) is 3.60. The van der Waals surface area contributed by atoms with Crippen molar-refractivity contribution in [1.82, 2.24) is 15.3 Å². The lowest BCUT2D eigenvalue weighted by atomic mass is 9.93. The van der Waals surface area contributed by atoms with Gasteiger partial charge in [-0.05, 0) is 31.4 Å². The molecule has 4 rings (SSSR count). The van der Waals surface area contributed by atoms with Gasteiger partial charge in [-0.15, -0.1) is 0 Å². The van der Waals surface area contributed by atoms with Crippen molar-refractivity contribution in [3.8, 4) is 0 Å². The summed E-state index contributed by atoms with van der Waals surface area (Å²) in [7, 11) is 0. The molecule has 0 radical (unpaired) electrons. The van der Waals surface area contributed by atoms with Crippen LogP contribution >= 0.6 is 0 Å². The van der Waals surface area contributed by atoms with Crippen LogP contribution in [0.15, 0.2) is 42.4 Å². The van der Waals surface area contributed by atoms with Gasteiger partial charge >= 0.3 is 0 Å². The smallest absolute Gasteiger partial charge is 0.231 e. The molecule has 2 aromatic heterocycles. The minimum atomic E-state index is -1.03. The number of aliphatic hydroxyl groups excluding tert-OH is 1. The zero-order valence-corrected chi connectivity index (χ0v) is 16.5. The van der Waals surface area contributed by atoms with E-state index in [9.17, 15) is 14.3 Å². The Bertz CT molecular complexity index is 1000. The molecule has 152 valence electrons. The normalized spacial score (nSPS) is 24.3. The maximum atomic E-state index is 13.0. The van der Waals surface area contributed by atoms with Crippen LogP contribution in [0.2, 0.25) is 0 Å². The van der Waals surface area contributed by atoms with Gasteiger partial charge in [0.15, 0.2) is 0 Å². The number of alkyl halides is 1. The number of nitrogens with zero attached hydrogens (tertiary/aromatic N) is 2. The van der Waals surface area contributed by atoms with Gasteiger partial charge in [-0.1, -0.05) is 19.4 Å². The summed E-state index contributed by atoms with van der Waals surface area (Å²) in [6.45, 7) is 4.08. The number of hydrogen-bond acceptors (Lipinski definition) is 5. The second-order valence-corrected chi connectivity index (χ2v) is 7.79. The molecule has 3 N–H and O–H groups in total. The molecular formula is C22H25FN4O2. The topological polar surface area (TPSA) is 87.1 Å². The first-order valence-electron chi connectivity index (χ1n) is 10.0. The molecule has 0 spiro atoms. The molecule has 0 bridgehead atoms. The molecule has 1 aliphatic carbocycles. The summed E-state index contributed by atoms with van der Waals surface area (Å²) < 4.78 is 13.0. The lowest BCUT2D eigenvalue weighted by molar-refractivity contribution is -0.117. The van der Waals surface area contributed by atoms with Crippen LogP contribution in [0.25, 0.3) is 16.5 Å². The molecule has 1 fully saturated rings. The van der Waals surface area contributed by atoms with Crippen molar-refractivity contribution < 1.29 is 14.3 Å². The number of rotatable bonds is 6. The van der Waals surface area contributed by atoms with Crippen molar-refractivity contribution in [2.45, 2.75) is 51.4 Å². The second kappa shape index (κ2) is 7.91. The zero-order chi connectivity index (χ0) is 20.5. The third kappa shape index (κ3) is 4.15. The Morgan fingerprint density at radius 1 is 1.38 bits per heavy atom. The van der Waals surface area contributed by atoms with Gasteiger partial charge < -0.3 is 15.7 Å². The molecule has 1 amide bonds. The number of pyridine rings is 2. The average Bonchev–Trinajstić information content (AvgIpc) is 3.44. The molecule has 2 aliphatic rings. The van der Waals surface area contributed by atoms with Crippen LogP contribution in [0.5, 0.6) is 0 Å². The third-order valence-electron chi connectivity index (χ3n) is 5.45. The highest BCUT2D eigenvalue weighted by atomic mass is 19.1. The summed E-state index contributed by atoms with van der Waals surface area (Å²) in [5.74, 6) is -0.507. The number of nitrogens with one attached hydrogen (secondary N) is 2. The van der Waals surface area contributed by atoms with Crippen LogP contribution < -0.4 is 10.6 Å². The summed E-state index contributed by atoms with van der Waals surface area (Å²) in [4.78, 5) is 20.7. The summed E-state index contributed by atoms with van der Waals surface area (Å²) in [6, 6.07) is 3.60. The standard InChI is InChI=1S/C22H25FN4O2/c1-3-4-20(28)19-5-12(2)16(11-25-19)13-6-14-10-26-21(8-18(14)24-9-13)27-22(29)15-7-17(15)23/h5-6,8-11,15,17,19-20,25,28H,3-4,7H2,1-2H3,(H,26,27,29). The number of aromatic nitrogens is 2. The van der Waals surface area contributed by atoms with Crippen LogP contribution in [-0.4, -0.2) is 39.3 Å². The van der Waals surface area contributed by atoms with Gasteiger partial charge in [-0.2, -0.15) is 0 Å². The molecule has 6 nitrogen and oxygen atoms in total. The summed E-state index contributed by atoms with van der Waals surface area (Å²) in [5, 5.41) is 17.0. The lowest BCUT2D eigenvalue weighted by Crippen LogP contribution is -2.37. The number of fused-ring (bicyclic) bond motifs is 1. The number of carbonyl (C=O) groups is 1. The average molecular weight is 396 g/mol. The van der Waals surface area contributed by atoms with Crippen molar-refractivity contribution in [1.29, 1.82) is 0 Å². The predicted octanol–water partition coefficient (Wildman–Crippen LogP) is 3.35. The van der Waals surface area contributed by atoms with Gasteiger partial charge in [0.1, 0.15) is 12.0 Å². The van der Waals surface area contributed by atoms with Crippen LogP contribution in [0.1, 0.15) is 38.7 Å². The fraction of sp³-hybridized carbons (Fsp3) is 0.409. The number of hydrogen-bond donors (Lipinski definition) is 3. The Balaban J connectivity index is 1.51. The number of anilines is 1. The number of dihydropyridines is 1. The molecular weight excluding hydrogens is 371 g/mol. The SMILES string of the molecule is CCCC(O)C1C=C(C)C(c2cnc3cc(NC(=O)C4CC4F)ncc3c2)=CN1. The highest BCUT2D eigenvalue weighted by molar-refractivity contribution is 5.95. The Labute approximate surface area is 168 Å². The first-order chi connectivity index (χ1) is 14.0. The highest BCUT2D eigenvalue weighted by Gasteiger charge is 2.43. The van der Waals surface area contributed by atoms with E-state index in [1.807, 2.05) is 25.3 Å². The van der Waals surface area contributed by atoms with Crippen LogP contribution in [0.4, 0.5) is 10.2 Å². The third-order valence-corrected chi connectivity index (χ3v) is 5.45. The lowest BCUT2D eigenvalue weighted by Gasteiger charge is -2.26. The number of allylic oxidation sites excluding steroid dienone is 2. The monoisotopic (exact) mass is 396 g/mol. The molecule has 3 heterocycles. The molecule has 2 aromatic rings. The van der Waals surface area contributed by atoms with E-state index in [-0.39, 0.29) is 18.4 Å². The van der Waals surface area contributed by atoms with Gasteiger partial charge in [0, 0.05) is 41.2 Å². The van der Waals surface area contributed by atoms with E-state index in [0.29, 0.717) is 11.3 Å². The van der Waals surface area contributed by atoms with Gasteiger partial charge in [0.2, 0.25) is 5.91 Å². The number of carbonyl (C=O) groups excluding carboxylic acids is 1. The van der Waals surface area contributed by atoms with E-state index in [0.717, 1.165) is 34.9 Å². The Morgan fingerprint density at radius 3 is 2.86 bits per heavy atom. The molecule has 4 unspecified atom stereocenters. The zero-order valence-electron chi connectivity index (χ0n) is 16.5. The second-order valence-electron chi connectivity index (χ2n) is 7.79. The largest absolute Gasteiger partial charge is 0.391 e. The Morgan fingerprint density at radius 2 is 2.17 bits per heavy atom. The summed E-state index contributed by atoms with van der Waals surface area (Å²) >= 11 is 0. The van der Waals surface area contributed by atoms with E-state index in [1.165, 1.54) is 0 Å². The fourth-order valence-electron chi connectivity index (χ4n) is 3.60. The van der Waals surface area contributed by atoms with Crippen molar-refractivity contribution >= 4 is 28.2 Å². The van der Waals surface area contributed by atoms with Gasteiger partial charge in [-0.3, -0.25) is 9.78 Å². The molecule has 29 heavy (non-hydrogen) atoms. The molecule has 1 aliphatic heterocycles. The molecule has 0 saturated heterocycles. The number of halogens is 1. The Hall–Kier alpha value is -2.80. The van der Waals surface area contributed by atoms with Gasteiger partial charge in [0.25, 0.3) is 0 Å². The first kappa shape index (κ1) is 19.5. The molecule has 0 aromatic carbocycles. The molecule has 1 saturated carbocycles. The van der Waals surface area contributed by atoms with E-state index in [4.69, 9.17) is 0 Å². The Kier molecular flexibility index (Phi) is 5.32. The van der Waals surface area contributed by atoms with Crippen molar-refractivity contribution in [2.24, 2.45) is 5.92 Å². The van der Waals surface area contributed by atoms with Crippen molar-refractivity contribution in [3.63, 3.8) is 0 Å². The number of aliphatic hydroxyl groups is 1. The quantitative estimate of drug-likeness (QED) is 0.697. The minimum absolute atomic E-state index is 0.0877. The van der Waals surface area contributed by atoms with E-state index >= 15 is 0 Å². The molecule has 7 heteroatoms. The van der Waals surface area contributed by atoms with Gasteiger partial charge in [-0.25, -0.2) is 9.37 Å². The highest BCUT2D eigenvalue weighted by Crippen LogP contribution is 2.34. The number of amides is 1.